The number of carbonyl (C=O) groups is 1. The van der Waals surface area contributed by atoms with Crippen molar-refractivity contribution in [3.05, 3.63) is 36.4 Å². The summed E-state index contributed by atoms with van der Waals surface area (Å²) in [5, 5.41) is 14.2. The average molecular weight is 290 g/mol. The Hall–Kier alpha value is -1.86. The van der Waals surface area contributed by atoms with Gasteiger partial charge < -0.3 is 10.0 Å². The van der Waals surface area contributed by atoms with Crippen molar-refractivity contribution in [2.45, 2.75) is 17.5 Å². The first-order valence-corrected chi connectivity index (χ1v) is 7.17. The molecule has 0 spiro atoms. The molecular weight excluding hydrogens is 276 g/mol. The SMILES string of the molecule is CN1C(=O)CSc2cc(C(O)Cn3cncn3)ccc21. The Labute approximate surface area is 120 Å². The van der Waals surface area contributed by atoms with Crippen molar-refractivity contribution < 1.29 is 9.90 Å². The van der Waals surface area contributed by atoms with E-state index in [0.717, 1.165) is 16.1 Å². The number of nitrogens with zero attached hydrogens (tertiary/aromatic N) is 4. The van der Waals surface area contributed by atoms with Gasteiger partial charge in [-0.1, -0.05) is 6.07 Å². The molecule has 0 fully saturated rings. The smallest absolute Gasteiger partial charge is 0.237 e. The molecule has 0 aliphatic carbocycles. The molecule has 20 heavy (non-hydrogen) atoms. The fourth-order valence-corrected chi connectivity index (χ4v) is 3.16. The summed E-state index contributed by atoms with van der Waals surface area (Å²) in [7, 11) is 1.77. The van der Waals surface area contributed by atoms with E-state index in [4.69, 9.17) is 0 Å². The van der Waals surface area contributed by atoms with E-state index in [2.05, 4.69) is 10.1 Å². The third-order valence-corrected chi connectivity index (χ3v) is 4.31. The van der Waals surface area contributed by atoms with Crippen molar-refractivity contribution in [2.24, 2.45) is 0 Å². The number of carbonyl (C=O) groups excluding carboxylic acids is 1. The van der Waals surface area contributed by atoms with E-state index in [1.807, 2.05) is 18.2 Å². The minimum atomic E-state index is -0.648. The lowest BCUT2D eigenvalue weighted by molar-refractivity contribution is -0.116. The molecule has 0 radical (unpaired) electrons. The molecule has 6 nitrogen and oxygen atoms in total. The van der Waals surface area contributed by atoms with E-state index in [1.54, 1.807) is 23.0 Å². The quantitative estimate of drug-likeness (QED) is 0.916. The highest BCUT2D eigenvalue weighted by Gasteiger charge is 2.22. The van der Waals surface area contributed by atoms with Crippen LogP contribution in [-0.2, 0) is 11.3 Å². The first-order chi connectivity index (χ1) is 9.65. The van der Waals surface area contributed by atoms with Gasteiger partial charge in [0.05, 0.1) is 24.1 Å². The van der Waals surface area contributed by atoms with E-state index in [0.29, 0.717) is 12.3 Å². The highest BCUT2D eigenvalue weighted by molar-refractivity contribution is 8.00. The van der Waals surface area contributed by atoms with Crippen molar-refractivity contribution in [3.63, 3.8) is 0 Å². The van der Waals surface area contributed by atoms with Gasteiger partial charge in [0.2, 0.25) is 5.91 Å². The van der Waals surface area contributed by atoms with Gasteiger partial charge in [-0.3, -0.25) is 9.48 Å². The van der Waals surface area contributed by atoms with Gasteiger partial charge in [-0.25, -0.2) is 4.98 Å². The number of thioether (sulfide) groups is 1. The lowest BCUT2D eigenvalue weighted by Crippen LogP contribution is -2.31. The molecule has 1 aromatic carbocycles. The van der Waals surface area contributed by atoms with Crippen LogP contribution >= 0.6 is 11.8 Å². The number of fused-ring (bicyclic) bond motifs is 1. The highest BCUT2D eigenvalue weighted by atomic mass is 32.2. The first-order valence-electron chi connectivity index (χ1n) is 6.19. The normalized spacial score (nSPS) is 16.1. The molecule has 1 atom stereocenters. The molecule has 7 heteroatoms. The molecular formula is C13H14N4O2S. The lowest BCUT2D eigenvalue weighted by atomic mass is 10.1. The topological polar surface area (TPSA) is 71.2 Å². The van der Waals surface area contributed by atoms with Crippen LogP contribution in [0.1, 0.15) is 11.7 Å². The molecule has 0 bridgehead atoms. The summed E-state index contributed by atoms with van der Waals surface area (Å²) in [6, 6.07) is 5.65. The van der Waals surface area contributed by atoms with Crippen molar-refractivity contribution in [1.82, 2.24) is 14.8 Å². The van der Waals surface area contributed by atoms with Crippen molar-refractivity contribution >= 4 is 23.4 Å². The molecule has 0 saturated carbocycles. The summed E-state index contributed by atoms with van der Waals surface area (Å²) in [6.45, 7) is 0.359. The lowest BCUT2D eigenvalue weighted by Gasteiger charge is -2.26. The Bertz CT molecular complexity index is 629. The molecule has 104 valence electrons. The molecule has 3 rings (SSSR count). The van der Waals surface area contributed by atoms with Crippen molar-refractivity contribution in [1.29, 1.82) is 0 Å². The van der Waals surface area contributed by atoms with Crippen LogP contribution in [0.2, 0.25) is 0 Å². The van der Waals surface area contributed by atoms with Gasteiger partial charge in [-0.05, 0) is 17.7 Å². The molecule has 0 saturated heterocycles. The van der Waals surface area contributed by atoms with Crippen molar-refractivity contribution in [2.75, 3.05) is 17.7 Å². The zero-order chi connectivity index (χ0) is 14.1. The number of aliphatic hydroxyl groups is 1. The Morgan fingerprint density at radius 2 is 2.35 bits per heavy atom. The molecule has 1 aliphatic heterocycles. The monoisotopic (exact) mass is 290 g/mol. The summed E-state index contributed by atoms with van der Waals surface area (Å²) < 4.78 is 1.59. The number of benzene rings is 1. The minimum absolute atomic E-state index is 0.0958. The number of amides is 1. The van der Waals surface area contributed by atoms with E-state index < -0.39 is 6.10 Å². The molecule has 1 N–H and O–H groups in total. The van der Waals surface area contributed by atoms with E-state index in [9.17, 15) is 9.90 Å². The second-order valence-corrected chi connectivity index (χ2v) is 5.62. The predicted molar refractivity (Wildman–Crippen MR) is 75.6 cm³/mol. The van der Waals surface area contributed by atoms with Crippen LogP contribution in [0, 0.1) is 0 Å². The summed E-state index contributed by atoms with van der Waals surface area (Å²) in [4.78, 5) is 18.1. The number of anilines is 1. The Morgan fingerprint density at radius 3 is 3.10 bits per heavy atom. The van der Waals surface area contributed by atoms with Crippen LogP contribution in [-0.4, -0.2) is 38.6 Å². The second-order valence-electron chi connectivity index (χ2n) is 4.60. The number of hydrogen-bond acceptors (Lipinski definition) is 5. The maximum absolute atomic E-state index is 11.6. The number of aromatic nitrogens is 3. The molecule has 1 amide bonds. The molecule has 1 unspecified atom stereocenters. The molecule has 1 aliphatic rings. The summed E-state index contributed by atoms with van der Waals surface area (Å²) in [6.07, 6.45) is 2.37. The van der Waals surface area contributed by atoms with Crippen molar-refractivity contribution in [3.8, 4) is 0 Å². The second kappa shape index (κ2) is 5.26. The van der Waals surface area contributed by atoms with Gasteiger partial charge in [-0.15, -0.1) is 11.8 Å². The summed E-state index contributed by atoms with van der Waals surface area (Å²) in [5.41, 5.74) is 1.71. The fourth-order valence-electron chi connectivity index (χ4n) is 2.11. The number of aliphatic hydroxyl groups excluding tert-OH is 1. The Balaban J connectivity index is 1.83. The average Bonchev–Trinajstić information content (AvgIpc) is 2.95. The van der Waals surface area contributed by atoms with Crippen LogP contribution < -0.4 is 4.90 Å². The zero-order valence-corrected chi connectivity index (χ0v) is 11.7. The third kappa shape index (κ3) is 2.41. The maximum Gasteiger partial charge on any atom is 0.237 e. The highest BCUT2D eigenvalue weighted by Crippen LogP contribution is 2.36. The Morgan fingerprint density at radius 1 is 1.50 bits per heavy atom. The van der Waals surface area contributed by atoms with Crippen LogP contribution in [0.4, 0.5) is 5.69 Å². The third-order valence-electron chi connectivity index (χ3n) is 3.28. The zero-order valence-electron chi connectivity index (χ0n) is 10.9. The van der Waals surface area contributed by atoms with Crippen LogP contribution in [0.15, 0.2) is 35.7 Å². The summed E-state index contributed by atoms with van der Waals surface area (Å²) >= 11 is 1.50. The van der Waals surface area contributed by atoms with Crippen LogP contribution in [0.25, 0.3) is 0 Å². The molecule has 2 aromatic rings. The number of rotatable bonds is 3. The van der Waals surface area contributed by atoms with E-state index >= 15 is 0 Å². The van der Waals surface area contributed by atoms with E-state index in [-0.39, 0.29) is 5.91 Å². The first kappa shape index (κ1) is 13.1. The van der Waals surface area contributed by atoms with Gasteiger partial charge in [-0.2, -0.15) is 5.10 Å². The molecule has 2 heterocycles. The van der Waals surface area contributed by atoms with E-state index in [1.165, 1.54) is 18.1 Å². The Kier molecular flexibility index (Phi) is 3.45. The van der Waals surface area contributed by atoms with Gasteiger partial charge in [0.15, 0.2) is 0 Å². The standard InChI is InChI=1S/C13H14N4O2S/c1-16-10-3-2-9(4-12(10)20-6-13(16)19)11(18)5-17-8-14-7-15-17/h2-4,7-8,11,18H,5-6H2,1H3. The van der Waals surface area contributed by atoms with Gasteiger partial charge >= 0.3 is 0 Å². The van der Waals surface area contributed by atoms with Gasteiger partial charge in [0.25, 0.3) is 0 Å². The maximum atomic E-state index is 11.6. The number of hydrogen-bond donors (Lipinski definition) is 1. The summed E-state index contributed by atoms with van der Waals surface area (Å²) in [5.74, 6) is 0.532. The largest absolute Gasteiger partial charge is 0.386 e. The van der Waals surface area contributed by atoms with Crippen LogP contribution in [0.3, 0.4) is 0 Å². The predicted octanol–water partition coefficient (Wildman–Crippen LogP) is 1.08. The van der Waals surface area contributed by atoms with Crippen LogP contribution in [0.5, 0.6) is 0 Å². The molecule has 1 aromatic heterocycles. The fraction of sp³-hybridized carbons (Fsp3) is 0.308. The van der Waals surface area contributed by atoms with Gasteiger partial charge in [0, 0.05) is 11.9 Å². The minimum Gasteiger partial charge on any atom is -0.386 e. The van der Waals surface area contributed by atoms with Gasteiger partial charge in [0.1, 0.15) is 12.7 Å².